The molecule has 0 aliphatic rings. The van der Waals surface area contributed by atoms with Crippen molar-refractivity contribution in [1.29, 1.82) is 0 Å². The Labute approximate surface area is 101 Å². The normalized spacial score (nSPS) is 10.0. The van der Waals surface area contributed by atoms with Gasteiger partial charge >= 0.3 is 5.97 Å². The molecule has 3 nitrogen and oxygen atoms in total. The van der Waals surface area contributed by atoms with Gasteiger partial charge in [0.25, 0.3) is 0 Å². The lowest BCUT2D eigenvalue weighted by Gasteiger charge is -2.03. The number of carbonyl (C=O) groups is 2. The molecule has 0 N–H and O–H groups in total. The predicted octanol–water partition coefficient (Wildman–Crippen LogP) is 2.42. The maximum absolute atomic E-state index is 13.3. The maximum atomic E-state index is 13.3. The van der Waals surface area contributed by atoms with E-state index in [9.17, 15) is 14.0 Å². The highest BCUT2D eigenvalue weighted by Crippen LogP contribution is 2.25. The molecular weight excluding hydrogens is 258 g/mol. The van der Waals surface area contributed by atoms with Crippen LogP contribution in [0.2, 0.25) is 10.0 Å². The number of ketones is 1. The molecule has 0 aliphatic carbocycles. The Morgan fingerprint density at radius 1 is 1.31 bits per heavy atom. The number of halogens is 3. The minimum absolute atomic E-state index is 0.00444. The first kappa shape index (κ1) is 12.9. The predicted molar refractivity (Wildman–Crippen MR) is 57.1 cm³/mol. The fourth-order valence-electron chi connectivity index (χ4n) is 1.06. The molecule has 0 atom stereocenters. The van der Waals surface area contributed by atoms with E-state index >= 15 is 0 Å². The largest absolute Gasteiger partial charge is 0.463 e. The van der Waals surface area contributed by atoms with Gasteiger partial charge in [-0.2, -0.15) is 0 Å². The molecule has 86 valence electrons. The topological polar surface area (TPSA) is 43.4 Å². The van der Waals surface area contributed by atoms with Gasteiger partial charge in [-0.3, -0.25) is 4.79 Å². The first-order chi connectivity index (χ1) is 7.45. The zero-order chi connectivity index (χ0) is 12.3. The molecule has 6 heteroatoms. The average Bonchev–Trinajstić information content (AvgIpc) is 2.24. The Hall–Kier alpha value is -1.13. The number of ether oxygens (including phenoxy) is 1. The molecule has 0 amide bonds. The van der Waals surface area contributed by atoms with Crippen LogP contribution in [0, 0.1) is 5.82 Å². The first-order valence-electron chi connectivity index (χ1n) is 4.20. The number of benzene rings is 1. The van der Waals surface area contributed by atoms with Crippen molar-refractivity contribution < 1.29 is 18.7 Å². The summed E-state index contributed by atoms with van der Waals surface area (Å²) in [6.07, 6.45) is -0.407. The zero-order valence-electron chi connectivity index (χ0n) is 8.22. The standard InChI is InChI=1S/C10H7Cl2FO3/c1-16-10(15)9(14)3-5-2-6(11)7(12)4-8(5)13/h2,4H,3H2,1H3. The lowest BCUT2D eigenvalue weighted by Crippen LogP contribution is -2.18. The van der Waals surface area contributed by atoms with E-state index in [1.165, 1.54) is 6.07 Å². The minimum Gasteiger partial charge on any atom is -0.463 e. The number of Topliss-reactive ketones (excluding diaryl/α,β-unsaturated/α-hetero) is 1. The van der Waals surface area contributed by atoms with Crippen LogP contribution in [0.25, 0.3) is 0 Å². The third kappa shape index (κ3) is 2.93. The molecule has 1 aromatic rings. The second-order valence-corrected chi connectivity index (χ2v) is 3.76. The van der Waals surface area contributed by atoms with Gasteiger partial charge in [0.15, 0.2) is 0 Å². The Balaban J connectivity index is 2.94. The Kier molecular flexibility index (Phi) is 4.26. The van der Waals surface area contributed by atoms with Crippen LogP contribution in [-0.2, 0) is 20.7 Å². The van der Waals surface area contributed by atoms with Crippen molar-refractivity contribution in [3.8, 4) is 0 Å². The van der Waals surface area contributed by atoms with Gasteiger partial charge in [0, 0.05) is 6.42 Å². The van der Waals surface area contributed by atoms with E-state index in [0.29, 0.717) is 0 Å². The van der Waals surface area contributed by atoms with Crippen molar-refractivity contribution in [2.45, 2.75) is 6.42 Å². The van der Waals surface area contributed by atoms with E-state index in [0.717, 1.165) is 13.2 Å². The van der Waals surface area contributed by atoms with Crippen LogP contribution in [0.15, 0.2) is 12.1 Å². The summed E-state index contributed by atoms with van der Waals surface area (Å²) in [4.78, 5) is 22.0. The van der Waals surface area contributed by atoms with Gasteiger partial charge in [0.2, 0.25) is 5.78 Å². The van der Waals surface area contributed by atoms with Crippen LogP contribution in [0.5, 0.6) is 0 Å². The van der Waals surface area contributed by atoms with Crippen molar-refractivity contribution in [3.05, 3.63) is 33.6 Å². The van der Waals surface area contributed by atoms with Crippen LogP contribution in [0.4, 0.5) is 4.39 Å². The van der Waals surface area contributed by atoms with Gasteiger partial charge in [-0.15, -0.1) is 0 Å². The van der Waals surface area contributed by atoms with Crippen LogP contribution in [0.3, 0.4) is 0 Å². The van der Waals surface area contributed by atoms with Gasteiger partial charge in [-0.1, -0.05) is 23.2 Å². The van der Waals surface area contributed by atoms with Crippen LogP contribution in [0.1, 0.15) is 5.56 Å². The summed E-state index contributed by atoms with van der Waals surface area (Å²) in [6.45, 7) is 0. The summed E-state index contributed by atoms with van der Waals surface area (Å²) in [7, 11) is 1.07. The summed E-state index contributed by atoms with van der Waals surface area (Å²) in [5, 5.41) is 0.171. The van der Waals surface area contributed by atoms with E-state index in [1.54, 1.807) is 0 Å². The van der Waals surface area contributed by atoms with E-state index in [2.05, 4.69) is 4.74 Å². The van der Waals surface area contributed by atoms with E-state index in [1.807, 2.05) is 0 Å². The monoisotopic (exact) mass is 264 g/mol. The van der Waals surface area contributed by atoms with Gasteiger partial charge in [0.05, 0.1) is 17.2 Å². The van der Waals surface area contributed by atoms with E-state index in [4.69, 9.17) is 23.2 Å². The second-order valence-electron chi connectivity index (χ2n) is 2.95. The summed E-state index contributed by atoms with van der Waals surface area (Å²) in [5.74, 6) is -2.56. The quantitative estimate of drug-likeness (QED) is 0.479. The second kappa shape index (κ2) is 5.27. The average molecular weight is 265 g/mol. The van der Waals surface area contributed by atoms with Crippen molar-refractivity contribution in [3.63, 3.8) is 0 Å². The molecule has 0 spiro atoms. The highest BCUT2D eigenvalue weighted by Gasteiger charge is 2.17. The van der Waals surface area contributed by atoms with Crippen LogP contribution in [-0.4, -0.2) is 18.9 Å². The van der Waals surface area contributed by atoms with Crippen molar-refractivity contribution in [2.75, 3.05) is 7.11 Å². The number of esters is 1. The third-order valence-electron chi connectivity index (χ3n) is 1.85. The molecule has 0 saturated heterocycles. The molecule has 0 heterocycles. The molecule has 1 aromatic carbocycles. The van der Waals surface area contributed by atoms with E-state index in [-0.39, 0.29) is 15.6 Å². The Morgan fingerprint density at radius 2 is 1.88 bits per heavy atom. The van der Waals surface area contributed by atoms with E-state index < -0.39 is 24.0 Å². The summed E-state index contributed by atoms with van der Waals surface area (Å²) < 4.78 is 17.5. The highest BCUT2D eigenvalue weighted by atomic mass is 35.5. The molecule has 0 unspecified atom stereocenters. The van der Waals surface area contributed by atoms with Gasteiger partial charge in [-0.25, -0.2) is 9.18 Å². The lowest BCUT2D eigenvalue weighted by atomic mass is 10.1. The van der Waals surface area contributed by atoms with Gasteiger partial charge in [0.1, 0.15) is 5.82 Å². The number of hydrogen-bond donors (Lipinski definition) is 0. The van der Waals surface area contributed by atoms with Gasteiger partial charge < -0.3 is 4.74 Å². The van der Waals surface area contributed by atoms with Crippen LogP contribution < -0.4 is 0 Å². The zero-order valence-corrected chi connectivity index (χ0v) is 9.73. The number of rotatable bonds is 3. The minimum atomic E-state index is -1.02. The smallest absolute Gasteiger partial charge is 0.374 e. The molecule has 0 aliphatic heterocycles. The molecule has 0 aromatic heterocycles. The van der Waals surface area contributed by atoms with Crippen molar-refractivity contribution in [1.82, 2.24) is 0 Å². The molecule has 0 fully saturated rings. The van der Waals surface area contributed by atoms with Gasteiger partial charge in [-0.05, 0) is 17.7 Å². The summed E-state index contributed by atoms with van der Waals surface area (Å²) in [5.41, 5.74) is 0.00444. The van der Waals surface area contributed by atoms with Crippen LogP contribution >= 0.6 is 23.2 Å². The fraction of sp³-hybridized carbons (Fsp3) is 0.200. The SMILES string of the molecule is COC(=O)C(=O)Cc1cc(Cl)c(Cl)cc1F. The van der Waals surface area contributed by atoms with Crippen molar-refractivity contribution >= 4 is 35.0 Å². The first-order valence-corrected chi connectivity index (χ1v) is 4.96. The molecular formula is C10H7Cl2FO3. The molecule has 0 saturated carbocycles. The molecule has 1 rings (SSSR count). The summed E-state index contributed by atoms with van der Waals surface area (Å²) in [6, 6.07) is 2.20. The maximum Gasteiger partial charge on any atom is 0.374 e. The Bertz CT molecular complexity index is 446. The highest BCUT2D eigenvalue weighted by molar-refractivity contribution is 6.42. The number of carbonyl (C=O) groups excluding carboxylic acids is 2. The number of methoxy groups -OCH3 is 1. The van der Waals surface area contributed by atoms with Crippen molar-refractivity contribution in [2.24, 2.45) is 0 Å². The molecule has 0 bridgehead atoms. The molecule has 0 radical (unpaired) electrons. The third-order valence-corrected chi connectivity index (χ3v) is 2.58. The number of hydrogen-bond acceptors (Lipinski definition) is 3. The Morgan fingerprint density at radius 3 is 2.44 bits per heavy atom. The molecule has 16 heavy (non-hydrogen) atoms. The summed E-state index contributed by atoms with van der Waals surface area (Å²) >= 11 is 11.2. The fourth-order valence-corrected chi connectivity index (χ4v) is 1.39. The lowest BCUT2D eigenvalue weighted by molar-refractivity contribution is -0.151.